The summed E-state index contributed by atoms with van der Waals surface area (Å²) in [6, 6.07) is 3.65. The second kappa shape index (κ2) is 4.78. The summed E-state index contributed by atoms with van der Waals surface area (Å²) >= 11 is 1.39. The van der Waals surface area contributed by atoms with Gasteiger partial charge in [0, 0.05) is 18.0 Å². The molecule has 4 heteroatoms. The zero-order chi connectivity index (χ0) is 12.5. The van der Waals surface area contributed by atoms with Gasteiger partial charge < -0.3 is 5.11 Å². The molecule has 1 saturated heterocycles. The van der Waals surface area contributed by atoms with Gasteiger partial charge in [-0.05, 0) is 36.9 Å². The van der Waals surface area contributed by atoms with Crippen LogP contribution in [-0.2, 0) is 6.54 Å². The Hall–Kier alpha value is -0.870. The minimum Gasteiger partial charge on any atom is -0.477 e. The van der Waals surface area contributed by atoms with E-state index >= 15 is 0 Å². The molecule has 1 aliphatic rings. The van der Waals surface area contributed by atoms with Crippen LogP contribution in [0.2, 0.25) is 0 Å². The van der Waals surface area contributed by atoms with E-state index < -0.39 is 5.97 Å². The molecule has 1 aromatic rings. The van der Waals surface area contributed by atoms with Gasteiger partial charge in [0.1, 0.15) is 4.88 Å². The zero-order valence-corrected chi connectivity index (χ0v) is 11.2. The van der Waals surface area contributed by atoms with Gasteiger partial charge in [-0.25, -0.2) is 4.79 Å². The lowest BCUT2D eigenvalue weighted by atomic mass is 9.84. The summed E-state index contributed by atoms with van der Waals surface area (Å²) < 4.78 is 0. The minimum absolute atomic E-state index is 0.394. The highest BCUT2D eigenvalue weighted by Gasteiger charge is 2.26. The quantitative estimate of drug-likeness (QED) is 0.900. The first-order valence-electron chi connectivity index (χ1n) is 6.01. The molecular formula is C13H19NO2S. The molecule has 0 aliphatic carbocycles. The van der Waals surface area contributed by atoms with Crippen LogP contribution in [0.3, 0.4) is 0 Å². The van der Waals surface area contributed by atoms with Gasteiger partial charge in [0.15, 0.2) is 0 Å². The third-order valence-corrected chi connectivity index (χ3v) is 4.29. The highest BCUT2D eigenvalue weighted by Crippen LogP contribution is 2.30. The Bertz CT molecular complexity index is 411. The van der Waals surface area contributed by atoms with Crippen LogP contribution >= 0.6 is 11.3 Å². The summed E-state index contributed by atoms with van der Waals surface area (Å²) in [4.78, 5) is 14.8. The van der Waals surface area contributed by atoms with Crippen LogP contribution in [0.4, 0.5) is 0 Å². The molecule has 0 radical (unpaired) electrons. The number of carboxylic acid groups (broad SMARTS) is 1. The molecule has 3 nitrogen and oxygen atoms in total. The van der Waals surface area contributed by atoms with Crippen molar-refractivity contribution in [3.63, 3.8) is 0 Å². The van der Waals surface area contributed by atoms with E-state index in [1.165, 1.54) is 24.2 Å². The van der Waals surface area contributed by atoms with Gasteiger partial charge in [0.2, 0.25) is 0 Å². The average molecular weight is 253 g/mol. The minimum atomic E-state index is -0.819. The van der Waals surface area contributed by atoms with E-state index in [9.17, 15) is 4.79 Å². The summed E-state index contributed by atoms with van der Waals surface area (Å²) in [5.74, 6) is -0.819. The number of carboxylic acids is 1. The maximum absolute atomic E-state index is 10.8. The number of hydrogen-bond donors (Lipinski definition) is 1. The van der Waals surface area contributed by atoms with E-state index in [1.807, 2.05) is 6.07 Å². The van der Waals surface area contributed by atoms with Crippen molar-refractivity contribution in [3.8, 4) is 0 Å². The van der Waals surface area contributed by atoms with Gasteiger partial charge in [-0.2, -0.15) is 0 Å². The number of rotatable bonds is 3. The maximum atomic E-state index is 10.8. The average Bonchev–Trinajstić information content (AvgIpc) is 2.64. The molecule has 1 aliphatic heterocycles. The lowest BCUT2D eigenvalue weighted by Gasteiger charge is -2.37. The Morgan fingerprint density at radius 3 is 2.88 bits per heavy atom. The topological polar surface area (TPSA) is 40.5 Å². The number of carbonyl (C=O) groups is 1. The lowest BCUT2D eigenvalue weighted by molar-refractivity contribution is 0.0702. The van der Waals surface area contributed by atoms with Crippen LogP contribution < -0.4 is 0 Å². The molecule has 0 unspecified atom stereocenters. The second-order valence-corrected chi connectivity index (χ2v) is 6.72. The number of hydrogen-bond acceptors (Lipinski definition) is 3. The number of aromatic carboxylic acids is 1. The van der Waals surface area contributed by atoms with E-state index in [-0.39, 0.29) is 0 Å². The fourth-order valence-corrected chi connectivity index (χ4v) is 3.37. The third kappa shape index (κ3) is 3.30. The van der Waals surface area contributed by atoms with Crippen molar-refractivity contribution in [2.24, 2.45) is 5.41 Å². The summed E-state index contributed by atoms with van der Waals surface area (Å²) in [5, 5.41) is 8.88. The van der Waals surface area contributed by atoms with Crippen LogP contribution in [0.25, 0.3) is 0 Å². The SMILES string of the molecule is CC1(C)CCCN(Cc2ccc(C(=O)O)s2)C1. The summed E-state index contributed by atoms with van der Waals surface area (Å²) in [6.45, 7) is 7.73. The highest BCUT2D eigenvalue weighted by atomic mass is 32.1. The number of thiophene rings is 1. The molecule has 17 heavy (non-hydrogen) atoms. The fourth-order valence-electron chi connectivity index (χ4n) is 2.48. The van der Waals surface area contributed by atoms with E-state index in [1.54, 1.807) is 6.07 Å². The van der Waals surface area contributed by atoms with Crippen molar-refractivity contribution < 1.29 is 9.90 Å². The number of likely N-dealkylation sites (tertiary alicyclic amines) is 1. The molecule has 0 aromatic carbocycles. The Kier molecular flexibility index (Phi) is 3.54. The molecule has 0 spiro atoms. The molecule has 2 heterocycles. The largest absolute Gasteiger partial charge is 0.477 e. The van der Waals surface area contributed by atoms with Crippen molar-refractivity contribution >= 4 is 17.3 Å². The standard InChI is InChI=1S/C13H19NO2S/c1-13(2)6-3-7-14(9-13)8-10-4-5-11(17-10)12(15)16/h4-5H,3,6-9H2,1-2H3,(H,15,16). The third-order valence-electron chi connectivity index (χ3n) is 3.23. The van der Waals surface area contributed by atoms with Gasteiger partial charge in [-0.15, -0.1) is 11.3 Å². The molecular weight excluding hydrogens is 234 g/mol. The van der Waals surface area contributed by atoms with E-state index in [0.29, 0.717) is 10.3 Å². The fraction of sp³-hybridized carbons (Fsp3) is 0.615. The Labute approximate surface area is 106 Å². The van der Waals surface area contributed by atoms with Crippen LogP contribution in [0.1, 0.15) is 41.2 Å². The molecule has 2 rings (SSSR count). The van der Waals surface area contributed by atoms with Crippen LogP contribution in [0.5, 0.6) is 0 Å². The molecule has 94 valence electrons. The van der Waals surface area contributed by atoms with Crippen molar-refractivity contribution in [3.05, 3.63) is 21.9 Å². The molecule has 0 bridgehead atoms. The van der Waals surface area contributed by atoms with Crippen molar-refractivity contribution in [1.82, 2.24) is 4.90 Å². The molecule has 1 N–H and O–H groups in total. The maximum Gasteiger partial charge on any atom is 0.345 e. The van der Waals surface area contributed by atoms with Gasteiger partial charge in [-0.3, -0.25) is 4.90 Å². The molecule has 0 saturated carbocycles. The van der Waals surface area contributed by atoms with Crippen molar-refractivity contribution in [1.29, 1.82) is 0 Å². The Morgan fingerprint density at radius 1 is 1.53 bits per heavy atom. The summed E-state index contributed by atoms with van der Waals surface area (Å²) in [6.07, 6.45) is 2.53. The highest BCUT2D eigenvalue weighted by molar-refractivity contribution is 7.13. The van der Waals surface area contributed by atoms with Gasteiger partial charge >= 0.3 is 5.97 Å². The molecule has 0 amide bonds. The predicted octanol–water partition coefficient (Wildman–Crippen LogP) is 3.07. The first-order chi connectivity index (χ1) is 7.96. The smallest absolute Gasteiger partial charge is 0.345 e. The van der Waals surface area contributed by atoms with Crippen LogP contribution in [-0.4, -0.2) is 29.1 Å². The Balaban J connectivity index is 1.98. The number of piperidine rings is 1. The van der Waals surface area contributed by atoms with Crippen molar-refractivity contribution in [2.75, 3.05) is 13.1 Å². The van der Waals surface area contributed by atoms with Crippen molar-refractivity contribution in [2.45, 2.75) is 33.2 Å². The summed E-state index contributed by atoms with van der Waals surface area (Å²) in [7, 11) is 0. The van der Waals surface area contributed by atoms with Gasteiger partial charge in [-0.1, -0.05) is 13.8 Å². The number of nitrogens with zero attached hydrogens (tertiary/aromatic N) is 1. The van der Waals surface area contributed by atoms with Crippen LogP contribution in [0, 0.1) is 5.41 Å². The van der Waals surface area contributed by atoms with Gasteiger partial charge in [0.05, 0.1) is 0 Å². The Morgan fingerprint density at radius 2 is 2.29 bits per heavy atom. The monoisotopic (exact) mass is 253 g/mol. The molecule has 1 fully saturated rings. The molecule has 1 aromatic heterocycles. The lowest BCUT2D eigenvalue weighted by Crippen LogP contribution is -2.39. The van der Waals surface area contributed by atoms with E-state index in [2.05, 4.69) is 18.7 Å². The van der Waals surface area contributed by atoms with E-state index in [4.69, 9.17) is 5.11 Å². The first kappa shape index (κ1) is 12.6. The normalized spacial score (nSPS) is 20.4. The zero-order valence-electron chi connectivity index (χ0n) is 10.4. The summed E-state index contributed by atoms with van der Waals surface area (Å²) in [5.41, 5.74) is 0.394. The predicted molar refractivity (Wildman–Crippen MR) is 69.6 cm³/mol. The van der Waals surface area contributed by atoms with E-state index in [0.717, 1.165) is 24.5 Å². The van der Waals surface area contributed by atoms with Crippen LogP contribution in [0.15, 0.2) is 12.1 Å². The van der Waals surface area contributed by atoms with Gasteiger partial charge in [0.25, 0.3) is 0 Å². The second-order valence-electron chi connectivity index (χ2n) is 5.55. The molecule has 0 atom stereocenters. The first-order valence-corrected chi connectivity index (χ1v) is 6.82.